The van der Waals surface area contributed by atoms with Gasteiger partial charge in [0.1, 0.15) is 5.70 Å². The van der Waals surface area contributed by atoms with Gasteiger partial charge in [0.25, 0.3) is 5.91 Å². The van der Waals surface area contributed by atoms with Crippen molar-refractivity contribution in [2.45, 2.75) is 6.04 Å². The minimum Gasteiger partial charge on any atom is -0.348 e. The highest BCUT2D eigenvalue weighted by atomic mass is 35.5. The molecule has 152 valence electrons. The van der Waals surface area contributed by atoms with E-state index in [1.807, 2.05) is 60.1 Å². The van der Waals surface area contributed by atoms with Crippen LogP contribution < -0.4 is 16.4 Å². The zero-order valence-electron chi connectivity index (χ0n) is 15.7. The highest BCUT2D eigenvalue weighted by Gasteiger charge is 2.22. The number of carbonyl (C=O) groups is 1. The summed E-state index contributed by atoms with van der Waals surface area (Å²) in [5, 5.41) is 5.96. The number of guanidine groups is 1. The van der Waals surface area contributed by atoms with E-state index in [1.165, 1.54) is 0 Å². The van der Waals surface area contributed by atoms with Crippen LogP contribution in [0.4, 0.5) is 0 Å². The van der Waals surface area contributed by atoms with Gasteiger partial charge >= 0.3 is 0 Å². The standard InChI is InChI=1S/C20H20N6O.2ClH/c1-26-12-22-15-8-7-13(10-18(15)26)9-16-19(27)25-20(23-16)24-17(11-21)14-5-3-2-4-6-14;;/h2-10,12,17H,11,21H2,1H3,(H2,23,24,25,27);2*1H/b16-9-;;. The van der Waals surface area contributed by atoms with Gasteiger partial charge in [0, 0.05) is 13.6 Å². The topological polar surface area (TPSA) is 97.3 Å². The van der Waals surface area contributed by atoms with E-state index >= 15 is 0 Å². The first-order chi connectivity index (χ1) is 13.1. The van der Waals surface area contributed by atoms with Gasteiger partial charge in [-0.15, -0.1) is 24.8 Å². The number of aromatic nitrogens is 2. The summed E-state index contributed by atoms with van der Waals surface area (Å²) < 4.78 is 1.94. The van der Waals surface area contributed by atoms with E-state index in [2.05, 4.69) is 20.6 Å². The van der Waals surface area contributed by atoms with Crippen molar-refractivity contribution in [1.29, 1.82) is 0 Å². The minimum atomic E-state index is -0.244. The van der Waals surface area contributed by atoms with Crippen molar-refractivity contribution in [3.8, 4) is 0 Å². The van der Waals surface area contributed by atoms with Crippen molar-refractivity contribution in [2.24, 2.45) is 17.8 Å². The van der Waals surface area contributed by atoms with E-state index in [4.69, 9.17) is 5.73 Å². The number of imidazole rings is 1. The van der Waals surface area contributed by atoms with Crippen LogP contribution in [-0.4, -0.2) is 28.0 Å². The molecule has 7 nitrogen and oxygen atoms in total. The van der Waals surface area contributed by atoms with Gasteiger partial charge in [-0.3, -0.25) is 10.1 Å². The molecular weight excluding hydrogens is 411 g/mol. The van der Waals surface area contributed by atoms with Gasteiger partial charge in [0.15, 0.2) is 0 Å². The number of halogens is 2. The molecule has 9 heteroatoms. The molecule has 0 radical (unpaired) electrons. The third kappa shape index (κ3) is 4.76. The third-order valence-corrected chi connectivity index (χ3v) is 4.50. The second-order valence-corrected chi connectivity index (χ2v) is 6.39. The zero-order chi connectivity index (χ0) is 18.8. The lowest BCUT2D eigenvalue weighted by Crippen LogP contribution is -2.40. The molecule has 4 N–H and O–H groups in total. The first kappa shape index (κ1) is 22.4. The third-order valence-electron chi connectivity index (χ3n) is 4.50. The maximum atomic E-state index is 12.3. The number of benzene rings is 2. The van der Waals surface area contributed by atoms with E-state index in [0.29, 0.717) is 18.2 Å². The predicted octanol–water partition coefficient (Wildman–Crippen LogP) is 2.53. The SMILES string of the molecule is Cl.Cl.Cn1cnc2ccc(/C=C3\N=C(NC(CN)c4ccccc4)NC3=O)cc21. The van der Waals surface area contributed by atoms with Crippen LogP contribution in [0.25, 0.3) is 17.1 Å². The number of hydrogen-bond acceptors (Lipinski definition) is 5. The summed E-state index contributed by atoms with van der Waals surface area (Å²) in [5.41, 5.74) is 10.1. The summed E-state index contributed by atoms with van der Waals surface area (Å²) >= 11 is 0. The monoisotopic (exact) mass is 432 g/mol. The average molecular weight is 433 g/mol. The number of aliphatic imine (C=N–C) groups is 1. The van der Waals surface area contributed by atoms with Crippen molar-refractivity contribution in [1.82, 2.24) is 20.2 Å². The second-order valence-electron chi connectivity index (χ2n) is 6.39. The van der Waals surface area contributed by atoms with E-state index in [9.17, 15) is 4.79 Å². The Bertz CT molecular complexity index is 1060. The Morgan fingerprint density at radius 1 is 1.21 bits per heavy atom. The molecule has 0 bridgehead atoms. The molecule has 0 saturated carbocycles. The van der Waals surface area contributed by atoms with Gasteiger partial charge in [-0.05, 0) is 29.3 Å². The molecule has 0 aliphatic carbocycles. The van der Waals surface area contributed by atoms with Crippen molar-refractivity contribution in [2.75, 3.05) is 6.54 Å². The van der Waals surface area contributed by atoms with Crippen LogP contribution in [0.15, 0.2) is 65.5 Å². The van der Waals surface area contributed by atoms with E-state index in [1.54, 1.807) is 12.4 Å². The van der Waals surface area contributed by atoms with Crippen LogP contribution in [0.1, 0.15) is 17.2 Å². The van der Waals surface area contributed by atoms with E-state index < -0.39 is 0 Å². The summed E-state index contributed by atoms with van der Waals surface area (Å²) in [6.07, 6.45) is 3.52. The minimum absolute atomic E-state index is 0. The van der Waals surface area contributed by atoms with Crippen molar-refractivity contribution >= 4 is 53.8 Å². The molecule has 29 heavy (non-hydrogen) atoms. The summed E-state index contributed by atoms with van der Waals surface area (Å²) in [6, 6.07) is 15.5. The quantitative estimate of drug-likeness (QED) is 0.551. The van der Waals surface area contributed by atoms with Crippen LogP contribution >= 0.6 is 24.8 Å². The Kier molecular flexibility index (Phi) is 7.39. The molecular formula is C20H22Cl2N6O. The first-order valence-corrected chi connectivity index (χ1v) is 8.68. The highest BCUT2D eigenvalue weighted by molar-refractivity contribution is 6.13. The Morgan fingerprint density at radius 3 is 2.69 bits per heavy atom. The van der Waals surface area contributed by atoms with Crippen LogP contribution in [0, 0.1) is 0 Å². The molecule has 2 heterocycles. The predicted molar refractivity (Wildman–Crippen MR) is 120 cm³/mol. The average Bonchev–Trinajstić information content (AvgIpc) is 3.23. The molecule has 3 aromatic rings. The number of hydrogen-bond donors (Lipinski definition) is 3. The molecule has 0 spiro atoms. The first-order valence-electron chi connectivity index (χ1n) is 8.68. The number of fused-ring (bicyclic) bond motifs is 1. The maximum absolute atomic E-state index is 12.3. The Hall–Kier alpha value is -2.87. The normalized spacial score (nSPS) is 15.3. The van der Waals surface area contributed by atoms with Gasteiger partial charge in [-0.25, -0.2) is 9.98 Å². The van der Waals surface area contributed by atoms with Crippen molar-refractivity contribution in [3.63, 3.8) is 0 Å². The largest absolute Gasteiger partial charge is 0.348 e. The molecule has 1 aliphatic rings. The second kappa shape index (κ2) is 9.56. The molecule has 1 aromatic heterocycles. The fourth-order valence-corrected chi connectivity index (χ4v) is 3.06. The summed E-state index contributed by atoms with van der Waals surface area (Å²) in [6.45, 7) is 0.384. The van der Waals surface area contributed by atoms with Crippen molar-refractivity contribution < 1.29 is 4.79 Å². The molecule has 0 saturated heterocycles. The smallest absolute Gasteiger partial charge is 0.276 e. The molecule has 0 fully saturated rings. The number of amides is 1. The van der Waals surface area contributed by atoms with Gasteiger partial charge in [-0.1, -0.05) is 36.4 Å². The number of rotatable bonds is 4. The number of aryl methyl sites for hydroxylation is 1. The van der Waals surface area contributed by atoms with Crippen LogP contribution in [0.3, 0.4) is 0 Å². The summed E-state index contributed by atoms with van der Waals surface area (Å²) in [4.78, 5) is 21.0. The van der Waals surface area contributed by atoms with E-state index in [0.717, 1.165) is 22.2 Å². The van der Waals surface area contributed by atoms with Gasteiger partial charge in [0.05, 0.1) is 23.4 Å². The van der Waals surface area contributed by atoms with Crippen molar-refractivity contribution in [3.05, 3.63) is 71.7 Å². The maximum Gasteiger partial charge on any atom is 0.276 e. The lowest BCUT2D eigenvalue weighted by atomic mass is 10.1. The Morgan fingerprint density at radius 2 is 1.97 bits per heavy atom. The van der Waals surface area contributed by atoms with Gasteiger partial charge < -0.3 is 15.6 Å². The number of nitrogens with zero attached hydrogens (tertiary/aromatic N) is 3. The number of carbonyl (C=O) groups excluding carboxylic acids is 1. The fraction of sp³-hybridized carbons (Fsp3) is 0.150. The zero-order valence-corrected chi connectivity index (χ0v) is 17.3. The summed E-state index contributed by atoms with van der Waals surface area (Å²) in [5.74, 6) is 0.165. The fourth-order valence-electron chi connectivity index (χ4n) is 3.06. The molecule has 2 aromatic carbocycles. The lowest BCUT2D eigenvalue weighted by molar-refractivity contribution is -0.115. The van der Waals surface area contributed by atoms with Gasteiger partial charge in [0.2, 0.25) is 5.96 Å². The number of nitrogens with two attached hydrogens (primary N) is 1. The Labute approximate surface area is 180 Å². The molecule has 1 aliphatic heterocycles. The molecule has 1 amide bonds. The number of nitrogens with one attached hydrogen (secondary N) is 2. The van der Waals surface area contributed by atoms with Crippen LogP contribution in [0.2, 0.25) is 0 Å². The van der Waals surface area contributed by atoms with Crippen LogP contribution in [0.5, 0.6) is 0 Å². The van der Waals surface area contributed by atoms with Gasteiger partial charge in [-0.2, -0.15) is 0 Å². The highest BCUT2D eigenvalue weighted by Crippen LogP contribution is 2.18. The Balaban J connectivity index is 0.00000150. The van der Waals surface area contributed by atoms with Crippen LogP contribution in [-0.2, 0) is 11.8 Å². The lowest BCUT2D eigenvalue weighted by Gasteiger charge is -2.17. The molecule has 1 atom stereocenters. The van der Waals surface area contributed by atoms with E-state index in [-0.39, 0.29) is 36.8 Å². The summed E-state index contributed by atoms with van der Waals surface area (Å²) in [7, 11) is 1.94. The molecule has 4 rings (SSSR count). The molecule has 1 unspecified atom stereocenters.